The Kier molecular flexibility index (Phi) is 8.70. The molecule has 6 unspecified atom stereocenters. The molecule has 2 saturated heterocycles. The number of anilines is 2. The molecule has 1 aromatic heterocycles. The number of phenols is 1. The van der Waals surface area contributed by atoms with Gasteiger partial charge in [-0.1, -0.05) is 23.3 Å². The largest absolute Gasteiger partial charge is 0.573 e. The number of allylic oxidation sites excluding steroid dienone is 2. The number of aromatic hydroxyl groups is 1. The van der Waals surface area contributed by atoms with Crippen LogP contribution in [0.5, 0.6) is 11.5 Å². The lowest BCUT2D eigenvalue weighted by atomic mass is 9.56. The first-order valence-corrected chi connectivity index (χ1v) is 16.9. The van der Waals surface area contributed by atoms with E-state index in [2.05, 4.69) is 9.72 Å². The van der Waals surface area contributed by atoms with Crippen LogP contribution in [0.4, 0.5) is 42.2 Å². The molecule has 0 radical (unpaired) electrons. The number of hydrogen-bond acceptors (Lipinski definition) is 8. The molecule has 54 heavy (non-hydrogen) atoms. The predicted molar refractivity (Wildman–Crippen MR) is 176 cm³/mol. The number of aromatic nitrogens is 1. The second-order valence-electron chi connectivity index (χ2n) is 13.0. The number of pyridine rings is 1. The highest BCUT2D eigenvalue weighted by Crippen LogP contribution is 2.66. The minimum atomic E-state index is -5.21. The van der Waals surface area contributed by atoms with Gasteiger partial charge >= 0.3 is 12.5 Å². The Bertz CT molecular complexity index is 2170. The first-order chi connectivity index (χ1) is 25.1. The highest BCUT2D eigenvalue weighted by atomic mass is 35.5. The number of fused-ring (bicyclic) bond motifs is 4. The number of hydrogen-bond donors (Lipinski definition) is 1. The highest BCUT2D eigenvalue weighted by molar-refractivity contribution is 6.58. The van der Waals surface area contributed by atoms with Crippen LogP contribution >= 0.6 is 34.8 Å². The number of benzene rings is 2. The third-order valence-corrected chi connectivity index (χ3v) is 11.8. The van der Waals surface area contributed by atoms with E-state index in [1.165, 1.54) is 6.08 Å². The molecule has 20 heteroatoms. The number of nitrogens with zero attached hydrogens (tertiary/aromatic N) is 4. The summed E-state index contributed by atoms with van der Waals surface area (Å²) in [7, 11) is 1.08. The third-order valence-electron chi connectivity index (χ3n) is 10.1. The lowest BCUT2D eigenvalue weighted by Crippen LogP contribution is -2.60. The zero-order valence-corrected chi connectivity index (χ0v) is 29.3. The van der Waals surface area contributed by atoms with E-state index in [9.17, 15) is 55.0 Å². The van der Waals surface area contributed by atoms with Gasteiger partial charge in [-0.15, -0.1) is 36.4 Å². The zero-order chi connectivity index (χ0) is 39.4. The van der Waals surface area contributed by atoms with Gasteiger partial charge in [0.2, 0.25) is 0 Å². The van der Waals surface area contributed by atoms with E-state index < -0.39 is 110 Å². The fraction of sp³-hybridized carbons (Fsp3) is 0.324. The number of imide groups is 2. The van der Waals surface area contributed by atoms with Gasteiger partial charge < -0.3 is 9.84 Å². The summed E-state index contributed by atoms with van der Waals surface area (Å²) < 4.78 is 98.7. The van der Waals surface area contributed by atoms with Crippen LogP contribution in [0, 0.1) is 23.6 Å². The van der Waals surface area contributed by atoms with E-state index in [0.717, 1.165) is 60.6 Å². The molecule has 2 aliphatic heterocycles. The predicted octanol–water partition coefficient (Wildman–Crippen LogP) is 7.11. The van der Waals surface area contributed by atoms with Crippen LogP contribution in [-0.2, 0) is 25.4 Å². The molecule has 7 rings (SSSR count). The molecule has 3 aromatic rings. The van der Waals surface area contributed by atoms with Crippen molar-refractivity contribution in [2.45, 2.75) is 41.0 Å². The number of carbonyl (C=O) groups excluding carboxylic acids is 4. The normalized spacial score (nSPS) is 28.2. The molecular formula is C34H22Cl3F7N4O6. The second kappa shape index (κ2) is 12.5. The van der Waals surface area contributed by atoms with Gasteiger partial charge in [0.05, 0.1) is 22.5 Å². The molecule has 1 saturated carbocycles. The van der Waals surface area contributed by atoms with E-state index in [-0.39, 0.29) is 22.7 Å². The van der Waals surface area contributed by atoms with Crippen LogP contribution < -0.4 is 14.6 Å². The zero-order valence-electron chi connectivity index (χ0n) is 27.1. The monoisotopic (exact) mass is 820 g/mol. The lowest BCUT2D eigenvalue weighted by Gasteiger charge is -2.50. The first kappa shape index (κ1) is 37.7. The Balaban J connectivity index is 1.37. The van der Waals surface area contributed by atoms with Gasteiger partial charge in [-0.05, 0) is 73.4 Å². The summed E-state index contributed by atoms with van der Waals surface area (Å²) in [5.74, 6) is -12.8. The minimum absolute atomic E-state index is 0.0463. The van der Waals surface area contributed by atoms with Crippen LogP contribution in [-0.4, -0.2) is 61.9 Å². The molecule has 10 nitrogen and oxygen atoms in total. The van der Waals surface area contributed by atoms with Crippen molar-refractivity contribution in [3.8, 4) is 11.5 Å². The van der Waals surface area contributed by atoms with Gasteiger partial charge in [-0.25, -0.2) is 14.3 Å². The van der Waals surface area contributed by atoms with E-state index in [1.54, 1.807) is 0 Å². The molecule has 0 spiro atoms. The Hall–Kier alpha value is -4.61. The van der Waals surface area contributed by atoms with Gasteiger partial charge in [-0.2, -0.15) is 18.2 Å². The standard InChI is InChI=1S/C34H22Cl3F7N4O6/c1-46(26-21(35)9-11-23(45-26)33(39,40)41)48-27(50)18-8-7-17-20(24(18)28(48)51)13-31(36)29(52)47(15-4-2-14(38)3-5-15)30(53)32(31,37)25(17)19-12-16(6-10-22(19)49)54-34(42,43)44/h2-7,9-12,18,20,24-25,49H,8,13H2,1H3. The molecule has 3 fully saturated rings. The summed E-state index contributed by atoms with van der Waals surface area (Å²) in [5.41, 5.74) is -1.97. The number of phenolic OH excluding ortho intramolecular Hbond substituents is 1. The van der Waals surface area contributed by atoms with Crippen LogP contribution in [0.2, 0.25) is 5.02 Å². The van der Waals surface area contributed by atoms with Crippen LogP contribution in [0.25, 0.3) is 0 Å². The van der Waals surface area contributed by atoms with Crippen molar-refractivity contribution in [2.24, 2.45) is 17.8 Å². The van der Waals surface area contributed by atoms with E-state index in [0.29, 0.717) is 16.0 Å². The molecule has 3 heterocycles. The molecule has 2 aliphatic carbocycles. The maximum absolute atomic E-state index is 14.5. The number of hydrazine groups is 1. The average Bonchev–Trinajstić information content (AvgIpc) is 3.42. The summed E-state index contributed by atoms with van der Waals surface area (Å²) in [6.45, 7) is 0. The molecule has 4 aliphatic rings. The fourth-order valence-electron chi connectivity index (χ4n) is 7.90. The first-order valence-electron chi connectivity index (χ1n) is 15.8. The molecular weight excluding hydrogens is 800 g/mol. The van der Waals surface area contributed by atoms with Gasteiger partial charge in [0, 0.05) is 18.5 Å². The molecule has 1 N–H and O–H groups in total. The van der Waals surface area contributed by atoms with E-state index in [1.807, 2.05) is 0 Å². The Morgan fingerprint density at radius 1 is 0.926 bits per heavy atom. The van der Waals surface area contributed by atoms with Gasteiger partial charge in [0.25, 0.3) is 23.6 Å². The van der Waals surface area contributed by atoms with Crippen molar-refractivity contribution in [1.82, 2.24) is 9.99 Å². The quantitative estimate of drug-likeness (QED) is 0.125. The van der Waals surface area contributed by atoms with Gasteiger partial charge in [0.15, 0.2) is 15.6 Å². The summed E-state index contributed by atoms with van der Waals surface area (Å²) in [6.07, 6.45) is -9.62. The summed E-state index contributed by atoms with van der Waals surface area (Å²) in [5, 5.41) is 12.1. The molecule has 4 amide bonds. The maximum atomic E-state index is 14.5. The average molecular weight is 822 g/mol. The van der Waals surface area contributed by atoms with Crippen molar-refractivity contribution in [3.63, 3.8) is 0 Å². The van der Waals surface area contributed by atoms with Crippen molar-refractivity contribution >= 4 is 69.9 Å². The number of halogens is 10. The topological polar surface area (TPSA) is 120 Å². The van der Waals surface area contributed by atoms with Crippen LogP contribution in [0.1, 0.15) is 30.0 Å². The smallest absolute Gasteiger partial charge is 0.508 e. The third kappa shape index (κ3) is 5.56. The Labute approximate surface area is 314 Å². The molecule has 2 aromatic carbocycles. The van der Waals surface area contributed by atoms with Crippen LogP contribution in [0.3, 0.4) is 0 Å². The van der Waals surface area contributed by atoms with Gasteiger partial charge in [-0.3, -0.25) is 24.2 Å². The number of carbonyl (C=O) groups is 4. The number of ether oxygens (including phenoxy) is 1. The summed E-state index contributed by atoms with van der Waals surface area (Å²) >= 11 is 20.6. The van der Waals surface area contributed by atoms with E-state index >= 15 is 0 Å². The van der Waals surface area contributed by atoms with E-state index in [4.69, 9.17) is 34.8 Å². The highest BCUT2D eigenvalue weighted by Gasteiger charge is 2.77. The maximum Gasteiger partial charge on any atom is 0.573 e. The summed E-state index contributed by atoms with van der Waals surface area (Å²) in [4.78, 5) is 56.0. The Morgan fingerprint density at radius 3 is 2.22 bits per heavy atom. The molecule has 284 valence electrons. The van der Waals surface area contributed by atoms with Gasteiger partial charge in [0.1, 0.15) is 23.0 Å². The summed E-state index contributed by atoms with van der Waals surface area (Å²) in [6, 6.07) is 7.86. The van der Waals surface area contributed by atoms with Crippen molar-refractivity contribution in [2.75, 3.05) is 17.0 Å². The fourth-order valence-corrected chi connectivity index (χ4v) is 9.05. The van der Waals surface area contributed by atoms with Crippen LogP contribution in [0.15, 0.2) is 66.2 Å². The number of alkyl halides is 8. The molecule has 0 bridgehead atoms. The number of amides is 4. The van der Waals surface area contributed by atoms with Crippen molar-refractivity contribution in [3.05, 3.63) is 88.3 Å². The SMILES string of the molecule is CN(c1nc(C(F)(F)F)ccc1Cl)N1C(=O)C2CC=C3C(CC4(Cl)C(=O)N(c5ccc(F)cc5)C(=O)C4(Cl)C3c3cc(OC(F)(F)F)ccc3O)C2C1=O. The lowest BCUT2D eigenvalue weighted by molar-refractivity contribution is -0.274. The number of rotatable bonds is 5. The minimum Gasteiger partial charge on any atom is -0.508 e. The van der Waals surface area contributed by atoms with Crippen molar-refractivity contribution < 1.29 is 59.8 Å². The Morgan fingerprint density at radius 2 is 1.59 bits per heavy atom. The van der Waals surface area contributed by atoms with Crippen molar-refractivity contribution in [1.29, 1.82) is 0 Å². The second-order valence-corrected chi connectivity index (χ2v) is 14.7. The molecule has 6 atom stereocenters.